The van der Waals surface area contributed by atoms with Gasteiger partial charge >= 0.3 is 0 Å². The zero-order valence-corrected chi connectivity index (χ0v) is 46.1. The van der Waals surface area contributed by atoms with Crippen LogP contribution in [-0.2, 0) is 10.8 Å². The molecule has 2 aliphatic carbocycles. The number of hydrogen-bond acceptors (Lipinski definition) is 2. The van der Waals surface area contributed by atoms with Crippen molar-refractivity contribution in [2.45, 2.75) is 64.7 Å². The fourth-order valence-corrected chi connectivity index (χ4v) is 24.2. The summed E-state index contributed by atoms with van der Waals surface area (Å²) in [5.41, 5.74) is 25.0. The van der Waals surface area contributed by atoms with Crippen LogP contribution in [0.1, 0.15) is 49.9 Å². The monoisotopic (exact) mass is 1010 g/mol. The number of para-hydroxylation sites is 2. The normalized spacial score (nSPS) is 16.3. The predicted molar refractivity (Wildman–Crippen MR) is 326 cm³/mol. The van der Waals surface area contributed by atoms with Gasteiger partial charge in [-0.3, -0.25) is 0 Å². The van der Waals surface area contributed by atoms with Crippen molar-refractivity contribution in [2.24, 2.45) is 0 Å². The third kappa shape index (κ3) is 5.13. The fourth-order valence-electron chi connectivity index (χ4n) is 15.7. The molecular formula is C72H54O2Si2. The van der Waals surface area contributed by atoms with Crippen molar-refractivity contribution in [3.8, 4) is 66.8 Å². The number of hydrogen-bond donors (Lipinski definition) is 0. The van der Waals surface area contributed by atoms with Gasteiger partial charge in [0.25, 0.3) is 0 Å². The Bertz CT molecular complexity index is 4570. The molecule has 0 atom stereocenters. The first-order valence-corrected chi connectivity index (χ1v) is 33.2. The minimum absolute atomic E-state index is 0.154. The second-order valence-corrected chi connectivity index (χ2v) is 33.2. The van der Waals surface area contributed by atoms with Crippen LogP contribution in [0.3, 0.4) is 0 Å². The molecule has 13 aromatic rings. The molecule has 0 bridgehead atoms. The highest BCUT2D eigenvalue weighted by molar-refractivity contribution is 7.13. The largest absolute Gasteiger partial charge is 0.455 e. The molecule has 2 aromatic heterocycles. The van der Waals surface area contributed by atoms with Crippen LogP contribution in [0, 0.1) is 0 Å². The van der Waals surface area contributed by atoms with E-state index in [2.05, 4.69) is 236 Å². The van der Waals surface area contributed by atoms with Gasteiger partial charge in [0.15, 0.2) is 0 Å². The van der Waals surface area contributed by atoms with E-state index < -0.39 is 16.1 Å². The third-order valence-corrected chi connectivity index (χ3v) is 26.7. The standard InChI is InChI=1S/C72H54O2Si2/c1-71(2)53-33-27-39-17-9-11-19-43(39)61(53)45-29-25-41(35-55(45)71)51-37-59-65(67-63(51)47-21-13-15-23-57(47)73-67)49-31-32-50-66-60(76(7,8)70(50)69(49)75(59,5)6)38-52(64-48-22-14-16-24-58(48)74-68(64)66)42-26-30-46-56(36-42)72(3,4)54-34-28-40-18-10-12-20-44(40)62(46)54/h9-38H,1-8H3. The summed E-state index contributed by atoms with van der Waals surface area (Å²) in [5.74, 6) is 0. The summed E-state index contributed by atoms with van der Waals surface area (Å²) in [6.45, 7) is 20.1. The topological polar surface area (TPSA) is 26.3 Å². The van der Waals surface area contributed by atoms with E-state index in [9.17, 15) is 0 Å². The van der Waals surface area contributed by atoms with Gasteiger partial charge in [-0.2, -0.15) is 0 Å². The first-order chi connectivity index (χ1) is 36.7. The molecule has 0 unspecified atom stereocenters. The lowest BCUT2D eigenvalue weighted by Crippen LogP contribution is -2.63. The molecule has 2 nitrogen and oxygen atoms in total. The van der Waals surface area contributed by atoms with Crippen molar-refractivity contribution in [1.82, 2.24) is 0 Å². The minimum atomic E-state index is -2.44. The first-order valence-electron chi connectivity index (χ1n) is 27.2. The predicted octanol–water partition coefficient (Wildman–Crippen LogP) is 17.3. The zero-order chi connectivity index (χ0) is 51.1. The summed E-state index contributed by atoms with van der Waals surface area (Å²) in [5, 5.41) is 16.1. The maximum absolute atomic E-state index is 7.24. The molecule has 11 aromatic carbocycles. The Kier molecular flexibility index (Phi) is 8.00. The molecule has 0 radical (unpaired) electrons. The summed E-state index contributed by atoms with van der Waals surface area (Å²) in [7, 11) is -4.88. The number of furan rings is 2. The van der Waals surface area contributed by atoms with Crippen LogP contribution < -0.4 is 20.7 Å². The van der Waals surface area contributed by atoms with Crippen LogP contribution in [0.5, 0.6) is 0 Å². The molecule has 0 amide bonds. The molecule has 4 heteroatoms. The molecule has 0 fully saturated rings. The molecule has 0 saturated carbocycles. The molecule has 0 N–H and O–H groups in total. The van der Waals surface area contributed by atoms with E-state index >= 15 is 0 Å². The summed E-state index contributed by atoms with van der Waals surface area (Å²) in [6.07, 6.45) is 0. The number of rotatable bonds is 2. The Morgan fingerprint density at radius 2 is 0.711 bits per heavy atom. The van der Waals surface area contributed by atoms with Gasteiger partial charge in [0, 0.05) is 43.5 Å². The van der Waals surface area contributed by atoms with Crippen molar-refractivity contribution in [2.75, 3.05) is 0 Å². The van der Waals surface area contributed by atoms with Crippen LogP contribution in [0.15, 0.2) is 191 Å². The fraction of sp³-hybridized carbons (Fsp3) is 0.139. The van der Waals surface area contributed by atoms with E-state index in [-0.39, 0.29) is 10.8 Å². The van der Waals surface area contributed by atoms with Gasteiger partial charge in [-0.05, 0) is 144 Å². The summed E-state index contributed by atoms with van der Waals surface area (Å²) < 4.78 is 14.5. The Morgan fingerprint density at radius 1 is 0.329 bits per heavy atom. The second kappa shape index (κ2) is 14.1. The van der Waals surface area contributed by atoms with Crippen molar-refractivity contribution in [1.29, 1.82) is 0 Å². The van der Waals surface area contributed by atoms with Crippen LogP contribution in [0.25, 0.3) is 132 Å². The maximum atomic E-state index is 7.24. The number of benzene rings is 11. The van der Waals surface area contributed by atoms with E-state index in [0.29, 0.717) is 0 Å². The van der Waals surface area contributed by atoms with Crippen LogP contribution in [-0.4, -0.2) is 16.1 Å². The quantitative estimate of drug-likeness (QED) is 0.161. The first kappa shape index (κ1) is 43.2. The van der Waals surface area contributed by atoms with Gasteiger partial charge in [-0.15, -0.1) is 0 Å². The summed E-state index contributed by atoms with van der Waals surface area (Å²) in [4.78, 5) is 0. The van der Waals surface area contributed by atoms with Gasteiger partial charge in [0.2, 0.25) is 0 Å². The molecule has 0 spiro atoms. The molecule has 362 valence electrons. The van der Waals surface area contributed by atoms with Gasteiger partial charge in [-0.1, -0.05) is 212 Å². The van der Waals surface area contributed by atoms with Crippen molar-refractivity contribution in [3.05, 3.63) is 204 Å². The summed E-state index contributed by atoms with van der Waals surface area (Å²) in [6, 6.07) is 69.4. The van der Waals surface area contributed by atoms with Crippen LogP contribution in [0.4, 0.5) is 0 Å². The van der Waals surface area contributed by atoms with Crippen molar-refractivity contribution >= 4 is 102 Å². The molecular weight excluding hydrogens is 953 g/mol. The molecule has 4 heterocycles. The average molecular weight is 1010 g/mol. The highest BCUT2D eigenvalue weighted by atomic mass is 28.3. The summed E-state index contributed by atoms with van der Waals surface area (Å²) >= 11 is 0. The molecule has 4 aliphatic rings. The van der Waals surface area contributed by atoms with Gasteiger partial charge in [0.05, 0.1) is 0 Å². The smallest absolute Gasteiger partial charge is 0.143 e. The Labute approximate surface area is 444 Å². The van der Waals surface area contributed by atoms with E-state index in [0.717, 1.165) is 22.3 Å². The van der Waals surface area contributed by atoms with Gasteiger partial charge in [0.1, 0.15) is 38.5 Å². The molecule has 17 rings (SSSR count). The molecule has 2 aliphatic heterocycles. The van der Waals surface area contributed by atoms with E-state index in [1.54, 1.807) is 10.4 Å². The molecule has 0 saturated heterocycles. The molecule has 76 heavy (non-hydrogen) atoms. The lowest BCUT2D eigenvalue weighted by molar-refractivity contribution is 0.661. The SMILES string of the molecule is CC1(C)c2cc(-c3cc4c(c5oc6ccccc6c35)-c3ccc5c(c3[Si]4(C)C)[Si](C)(C)c3cc(-c4ccc6c(c4)C(C)(C)c4ccc7ccccc7c4-6)c4c(oc6ccccc64)c3-5)ccc2-c2c1ccc1ccccc21. The van der Waals surface area contributed by atoms with Crippen LogP contribution >= 0.6 is 0 Å². The lowest BCUT2D eigenvalue weighted by Gasteiger charge is -2.28. The second-order valence-electron chi connectivity index (χ2n) is 24.6. The number of fused-ring (bicyclic) bond motifs is 25. The Hall–Kier alpha value is -8.03. The van der Waals surface area contributed by atoms with Gasteiger partial charge in [-0.25, -0.2) is 0 Å². The average Bonchev–Trinajstić information content (AvgIpc) is 4.39. The highest BCUT2D eigenvalue weighted by Crippen LogP contribution is 2.56. The van der Waals surface area contributed by atoms with Gasteiger partial charge < -0.3 is 8.83 Å². The van der Waals surface area contributed by atoms with Crippen LogP contribution in [0.2, 0.25) is 26.2 Å². The van der Waals surface area contributed by atoms with Crippen molar-refractivity contribution < 1.29 is 8.83 Å². The highest BCUT2D eigenvalue weighted by Gasteiger charge is 2.50. The third-order valence-electron chi connectivity index (χ3n) is 19.4. The maximum Gasteiger partial charge on any atom is 0.143 e. The Morgan fingerprint density at radius 3 is 1.14 bits per heavy atom. The minimum Gasteiger partial charge on any atom is -0.455 e. The van der Waals surface area contributed by atoms with E-state index in [4.69, 9.17) is 8.83 Å². The zero-order valence-electron chi connectivity index (χ0n) is 44.1. The Balaban J connectivity index is 0.875. The van der Waals surface area contributed by atoms with E-state index in [1.165, 1.54) is 142 Å². The van der Waals surface area contributed by atoms with E-state index in [1.807, 2.05) is 0 Å². The lowest BCUT2D eigenvalue weighted by atomic mass is 9.81. The van der Waals surface area contributed by atoms with Crippen molar-refractivity contribution in [3.63, 3.8) is 0 Å².